The van der Waals surface area contributed by atoms with E-state index in [1.165, 1.54) is 5.56 Å². The van der Waals surface area contributed by atoms with Gasteiger partial charge in [0.25, 0.3) is 0 Å². The Morgan fingerprint density at radius 1 is 1.18 bits per heavy atom. The molecule has 1 N–H and O–H groups in total. The van der Waals surface area contributed by atoms with Crippen molar-refractivity contribution < 1.29 is 9.90 Å². The topological polar surface area (TPSA) is 37.3 Å². The summed E-state index contributed by atoms with van der Waals surface area (Å²) in [4.78, 5) is 11.5. The van der Waals surface area contributed by atoms with Crippen LogP contribution in [-0.2, 0) is 17.6 Å². The van der Waals surface area contributed by atoms with E-state index >= 15 is 0 Å². The second-order valence-electron chi connectivity index (χ2n) is 5.14. The highest BCUT2D eigenvalue weighted by molar-refractivity contribution is 5.75. The molecule has 2 nitrogen and oxygen atoms in total. The third-order valence-electron chi connectivity index (χ3n) is 3.99. The van der Waals surface area contributed by atoms with Gasteiger partial charge in [0.05, 0.1) is 5.41 Å². The lowest BCUT2D eigenvalue weighted by Gasteiger charge is -2.23. The average molecular weight is 232 g/mol. The van der Waals surface area contributed by atoms with E-state index in [0.29, 0.717) is 6.42 Å². The molecule has 0 aliphatic heterocycles. The molecule has 1 aromatic carbocycles. The highest BCUT2D eigenvalue weighted by Gasteiger charge is 2.41. The summed E-state index contributed by atoms with van der Waals surface area (Å²) >= 11 is 0. The maximum absolute atomic E-state index is 11.5. The van der Waals surface area contributed by atoms with E-state index in [-0.39, 0.29) is 0 Å². The molecule has 0 unspecified atom stereocenters. The molecule has 0 amide bonds. The van der Waals surface area contributed by atoms with E-state index in [9.17, 15) is 9.90 Å². The van der Waals surface area contributed by atoms with E-state index in [4.69, 9.17) is 0 Å². The zero-order chi connectivity index (χ0) is 12.3. The summed E-state index contributed by atoms with van der Waals surface area (Å²) in [5, 5.41) is 9.43. The van der Waals surface area contributed by atoms with Gasteiger partial charge in [0.15, 0.2) is 0 Å². The summed E-state index contributed by atoms with van der Waals surface area (Å²) in [5.74, 6) is -0.616. The molecule has 17 heavy (non-hydrogen) atoms. The number of carboxylic acid groups (broad SMARTS) is 1. The van der Waals surface area contributed by atoms with Crippen molar-refractivity contribution >= 4 is 5.97 Å². The van der Waals surface area contributed by atoms with Crippen LogP contribution in [0.3, 0.4) is 0 Å². The second kappa shape index (κ2) is 4.91. The summed E-state index contributed by atoms with van der Waals surface area (Å²) in [6.45, 7) is 2.13. The quantitative estimate of drug-likeness (QED) is 0.863. The fourth-order valence-electron chi connectivity index (χ4n) is 2.80. The largest absolute Gasteiger partial charge is 0.481 e. The van der Waals surface area contributed by atoms with E-state index < -0.39 is 11.4 Å². The molecule has 1 fully saturated rings. The Balaban J connectivity index is 2.15. The minimum Gasteiger partial charge on any atom is -0.481 e. The molecule has 2 rings (SSSR count). The lowest BCUT2D eigenvalue weighted by Crippen LogP contribution is -2.30. The van der Waals surface area contributed by atoms with Gasteiger partial charge in [-0.1, -0.05) is 44.0 Å². The molecular weight excluding hydrogens is 212 g/mol. The van der Waals surface area contributed by atoms with E-state index in [1.807, 2.05) is 0 Å². The van der Waals surface area contributed by atoms with Crippen molar-refractivity contribution in [3.8, 4) is 0 Å². The summed E-state index contributed by atoms with van der Waals surface area (Å²) in [6.07, 6.45) is 5.49. The molecule has 92 valence electrons. The maximum Gasteiger partial charge on any atom is 0.309 e. The van der Waals surface area contributed by atoms with Crippen molar-refractivity contribution in [1.82, 2.24) is 0 Å². The summed E-state index contributed by atoms with van der Waals surface area (Å²) in [5.41, 5.74) is 1.98. The SMILES string of the molecule is CCc1ccc(CC2(C(=O)O)CCCC2)cc1. The Labute approximate surface area is 103 Å². The first-order chi connectivity index (χ1) is 8.16. The predicted molar refractivity (Wildman–Crippen MR) is 68.1 cm³/mol. The minimum atomic E-state index is -0.616. The van der Waals surface area contributed by atoms with Crippen LogP contribution in [0.4, 0.5) is 0 Å². The van der Waals surface area contributed by atoms with E-state index in [0.717, 1.165) is 37.7 Å². The van der Waals surface area contributed by atoms with Crippen LogP contribution in [-0.4, -0.2) is 11.1 Å². The minimum absolute atomic E-state index is 0.492. The number of benzene rings is 1. The first kappa shape index (κ1) is 12.2. The molecular formula is C15H20O2. The number of aliphatic carboxylic acids is 1. The highest BCUT2D eigenvalue weighted by Crippen LogP contribution is 2.41. The highest BCUT2D eigenvalue weighted by atomic mass is 16.4. The first-order valence-electron chi connectivity index (χ1n) is 6.47. The van der Waals surface area contributed by atoms with Crippen LogP contribution in [0, 0.1) is 5.41 Å². The summed E-state index contributed by atoms with van der Waals surface area (Å²) < 4.78 is 0. The Kier molecular flexibility index (Phi) is 3.51. The van der Waals surface area contributed by atoms with Crippen molar-refractivity contribution in [3.05, 3.63) is 35.4 Å². The molecule has 0 aromatic heterocycles. The second-order valence-corrected chi connectivity index (χ2v) is 5.14. The maximum atomic E-state index is 11.5. The van der Waals surface area contributed by atoms with Crippen LogP contribution in [0.5, 0.6) is 0 Å². The fraction of sp³-hybridized carbons (Fsp3) is 0.533. The van der Waals surface area contributed by atoms with Gasteiger partial charge in [0.1, 0.15) is 0 Å². The van der Waals surface area contributed by atoms with Crippen LogP contribution >= 0.6 is 0 Å². The normalized spacial score (nSPS) is 18.2. The lowest BCUT2D eigenvalue weighted by molar-refractivity contribution is -0.148. The monoisotopic (exact) mass is 232 g/mol. The van der Waals surface area contributed by atoms with Gasteiger partial charge in [0, 0.05) is 0 Å². The number of rotatable bonds is 4. The van der Waals surface area contributed by atoms with Crippen LogP contribution in [0.1, 0.15) is 43.7 Å². The smallest absolute Gasteiger partial charge is 0.309 e. The zero-order valence-electron chi connectivity index (χ0n) is 10.4. The Morgan fingerprint density at radius 2 is 1.71 bits per heavy atom. The van der Waals surface area contributed by atoms with Gasteiger partial charge < -0.3 is 5.11 Å². The molecule has 1 aliphatic rings. The molecule has 0 bridgehead atoms. The number of carboxylic acids is 1. The van der Waals surface area contributed by atoms with Crippen LogP contribution in [0.25, 0.3) is 0 Å². The molecule has 1 aromatic rings. The first-order valence-corrected chi connectivity index (χ1v) is 6.47. The Morgan fingerprint density at radius 3 is 2.18 bits per heavy atom. The Hall–Kier alpha value is -1.31. The molecule has 0 heterocycles. The molecule has 1 aliphatic carbocycles. The van der Waals surface area contributed by atoms with Crippen molar-refractivity contribution in [2.75, 3.05) is 0 Å². The van der Waals surface area contributed by atoms with E-state index in [2.05, 4.69) is 31.2 Å². The van der Waals surface area contributed by atoms with Crippen LogP contribution in [0.2, 0.25) is 0 Å². The molecule has 0 saturated heterocycles. The van der Waals surface area contributed by atoms with Crippen molar-refractivity contribution in [2.45, 2.75) is 45.4 Å². The molecule has 1 saturated carbocycles. The molecule has 2 heteroatoms. The number of carbonyl (C=O) groups is 1. The molecule has 0 radical (unpaired) electrons. The van der Waals surface area contributed by atoms with Gasteiger partial charge >= 0.3 is 5.97 Å². The average Bonchev–Trinajstić information content (AvgIpc) is 2.80. The number of hydrogen-bond donors (Lipinski definition) is 1. The summed E-state index contributed by atoms with van der Waals surface area (Å²) in [6, 6.07) is 8.39. The zero-order valence-corrected chi connectivity index (χ0v) is 10.4. The van der Waals surface area contributed by atoms with Gasteiger partial charge in [-0.05, 0) is 36.8 Å². The van der Waals surface area contributed by atoms with Gasteiger partial charge in [-0.15, -0.1) is 0 Å². The van der Waals surface area contributed by atoms with Gasteiger partial charge in [-0.25, -0.2) is 0 Å². The third kappa shape index (κ3) is 2.51. The van der Waals surface area contributed by atoms with Crippen LogP contribution in [0.15, 0.2) is 24.3 Å². The van der Waals surface area contributed by atoms with Crippen molar-refractivity contribution in [1.29, 1.82) is 0 Å². The van der Waals surface area contributed by atoms with Crippen LogP contribution < -0.4 is 0 Å². The van der Waals surface area contributed by atoms with Gasteiger partial charge in [-0.3, -0.25) is 4.79 Å². The number of aryl methyl sites for hydroxylation is 1. The number of hydrogen-bond acceptors (Lipinski definition) is 1. The predicted octanol–water partition coefficient (Wildman–Crippen LogP) is 3.44. The molecule has 0 spiro atoms. The van der Waals surface area contributed by atoms with Crippen molar-refractivity contribution in [3.63, 3.8) is 0 Å². The van der Waals surface area contributed by atoms with Gasteiger partial charge in [0.2, 0.25) is 0 Å². The third-order valence-corrected chi connectivity index (χ3v) is 3.99. The standard InChI is InChI=1S/C15H20O2/c1-2-12-5-7-13(8-6-12)11-15(14(16)17)9-3-4-10-15/h5-8H,2-4,9-11H2,1H3,(H,16,17). The lowest BCUT2D eigenvalue weighted by atomic mass is 9.80. The fourth-order valence-corrected chi connectivity index (χ4v) is 2.80. The Bertz CT molecular complexity index is 386. The van der Waals surface area contributed by atoms with Crippen molar-refractivity contribution in [2.24, 2.45) is 5.41 Å². The van der Waals surface area contributed by atoms with E-state index in [1.54, 1.807) is 0 Å². The van der Waals surface area contributed by atoms with Gasteiger partial charge in [-0.2, -0.15) is 0 Å². The summed E-state index contributed by atoms with van der Waals surface area (Å²) in [7, 11) is 0. The molecule has 0 atom stereocenters.